The molecule has 2 N–H and O–H groups in total. The summed E-state index contributed by atoms with van der Waals surface area (Å²) in [5.41, 5.74) is -0.550. The molecule has 0 aliphatic heterocycles. The summed E-state index contributed by atoms with van der Waals surface area (Å²) < 4.78 is 34.2. The van der Waals surface area contributed by atoms with Crippen molar-refractivity contribution >= 4 is 31.3 Å². The number of benzene rings is 2. The molecule has 0 aromatic heterocycles. The number of phosphoric acid groups is 1. The average molecular weight is 555 g/mol. The van der Waals surface area contributed by atoms with Gasteiger partial charge in [-0.25, -0.2) is 14.2 Å². The van der Waals surface area contributed by atoms with Crippen LogP contribution in [0.1, 0.15) is 31.9 Å². The topological polar surface area (TPSA) is 207 Å². The minimum absolute atomic E-state index is 0.180. The molecule has 206 valence electrons. The summed E-state index contributed by atoms with van der Waals surface area (Å²) in [4.78, 5) is 44.1. The highest BCUT2D eigenvalue weighted by molar-refractivity contribution is 7.48. The van der Waals surface area contributed by atoms with E-state index in [4.69, 9.17) is 18.3 Å². The Labute approximate surface area is 216 Å². The Kier molecular flexibility index (Phi) is 10.4. The number of alkyl carbamates (subject to hydrolysis) is 1. The molecule has 0 saturated carbocycles. The van der Waals surface area contributed by atoms with Crippen molar-refractivity contribution in [2.45, 2.75) is 45.6 Å². The van der Waals surface area contributed by atoms with Gasteiger partial charge in [-0.3, -0.25) is 33.8 Å². The van der Waals surface area contributed by atoms with Crippen LogP contribution < -0.4 is 5.32 Å². The maximum Gasteiger partial charge on any atom is 0.475 e. The molecule has 0 radical (unpaired) electrons. The highest BCUT2D eigenvalue weighted by Gasteiger charge is 2.32. The minimum atomic E-state index is -4.51. The first-order valence-corrected chi connectivity index (χ1v) is 12.4. The van der Waals surface area contributed by atoms with Gasteiger partial charge in [0.05, 0.1) is 29.7 Å². The number of carboxylic acid groups (broad SMARTS) is 1. The van der Waals surface area contributed by atoms with Gasteiger partial charge in [0.2, 0.25) is 0 Å². The van der Waals surface area contributed by atoms with Crippen molar-refractivity contribution in [1.82, 2.24) is 5.32 Å². The third-order valence-electron chi connectivity index (χ3n) is 4.46. The number of hydrogen-bond donors (Lipinski definition) is 2. The molecule has 2 aromatic carbocycles. The molecule has 2 aromatic rings. The molecule has 1 unspecified atom stereocenters. The molecule has 0 aliphatic carbocycles. The second kappa shape index (κ2) is 13.1. The summed E-state index contributed by atoms with van der Waals surface area (Å²) in [7, 11) is -4.51. The lowest BCUT2D eigenvalue weighted by Crippen LogP contribution is -2.46. The number of carbonyl (C=O) groups excluding carboxylic acids is 1. The zero-order chi connectivity index (χ0) is 28.5. The Morgan fingerprint density at radius 2 is 1.32 bits per heavy atom. The van der Waals surface area contributed by atoms with Gasteiger partial charge >= 0.3 is 19.9 Å². The molecular formula is C22H26N3O12P. The van der Waals surface area contributed by atoms with Gasteiger partial charge in [-0.2, -0.15) is 0 Å². The van der Waals surface area contributed by atoms with Crippen molar-refractivity contribution in [3.8, 4) is 0 Å². The molecule has 38 heavy (non-hydrogen) atoms. The molecule has 0 heterocycles. The first kappa shape index (κ1) is 30.3. The van der Waals surface area contributed by atoms with E-state index in [0.29, 0.717) is 11.1 Å². The van der Waals surface area contributed by atoms with Crippen LogP contribution in [0.3, 0.4) is 0 Å². The summed E-state index contributed by atoms with van der Waals surface area (Å²) in [5, 5.41) is 33.2. The number of carbonyl (C=O) groups is 2. The van der Waals surface area contributed by atoms with Crippen LogP contribution >= 0.6 is 7.82 Å². The summed E-state index contributed by atoms with van der Waals surface area (Å²) in [5.74, 6) is -1.52. The van der Waals surface area contributed by atoms with Crippen LogP contribution in [0.15, 0.2) is 48.5 Å². The van der Waals surface area contributed by atoms with Gasteiger partial charge in [0.15, 0.2) is 6.04 Å². The number of ether oxygens (including phenoxy) is 1. The van der Waals surface area contributed by atoms with Gasteiger partial charge in [-0.05, 0) is 56.2 Å². The van der Waals surface area contributed by atoms with E-state index in [9.17, 15) is 39.5 Å². The molecule has 16 heteroatoms. The van der Waals surface area contributed by atoms with Crippen LogP contribution in [0, 0.1) is 20.2 Å². The lowest BCUT2D eigenvalue weighted by atomic mass is 10.2. The van der Waals surface area contributed by atoms with E-state index in [1.807, 2.05) is 0 Å². The van der Waals surface area contributed by atoms with Crippen LogP contribution in [-0.4, -0.2) is 45.3 Å². The number of carboxylic acids is 1. The Balaban J connectivity index is 2.15. The summed E-state index contributed by atoms with van der Waals surface area (Å²) in [6.07, 6.45) is -1.05. The van der Waals surface area contributed by atoms with Gasteiger partial charge in [-0.15, -0.1) is 0 Å². The Bertz CT molecular complexity index is 1130. The molecule has 0 saturated heterocycles. The van der Waals surface area contributed by atoms with E-state index in [-0.39, 0.29) is 11.4 Å². The van der Waals surface area contributed by atoms with Crippen molar-refractivity contribution in [2.75, 3.05) is 6.61 Å². The fourth-order valence-electron chi connectivity index (χ4n) is 2.64. The van der Waals surface area contributed by atoms with E-state index >= 15 is 0 Å². The third-order valence-corrected chi connectivity index (χ3v) is 5.82. The second-order valence-electron chi connectivity index (χ2n) is 8.67. The predicted octanol–water partition coefficient (Wildman–Crippen LogP) is 4.34. The van der Waals surface area contributed by atoms with E-state index in [2.05, 4.69) is 5.32 Å². The van der Waals surface area contributed by atoms with Gasteiger partial charge < -0.3 is 15.2 Å². The molecule has 1 atom stereocenters. The van der Waals surface area contributed by atoms with Gasteiger partial charge in [0.25, 0.3) is 11.4 Å². The highest BCUT2D eigenvalue weighted by Crippen LogP contribution is 2.51. The van der Waals surface area contributed by atoms with Crippen LogP contribution in [0.4, 0.5) is 16.2 Å². The van der Waals surface area contributed by atoms with E-state index in [1.54, 1.807) is 20.8 Å². The van der Waals surface area contributed by atoms with E-state index in [1.165, 1.54) is 48.5 Å². The maximum absolute atomic E-state index is 13.3. The van der Waals surface area contributed by atoms with Crippen molar-refractivity contribution in [3.05, 3.63) is 79.9 Å². The quantitative estimate of drug-likeness (QED) is 0.201. The summed E-state index contributed by atoms with van der Waals surface area (Å²) in [6.45, 7) is 3.09. The Morgan fingerprint density at radius 3 is 1.66 bits per heavy atom. The number of phosphoric ester groups is 1. The number of aliphatic carboxylic acids is 1. The monoisotopic (exact) mass is 555 g/mol. The normalized spacial score (nSPS) is 12.4. The van der Waals surface area contributed by atoms with Gasteiger partial charge in [0.1, 0.15) is 5.60 Å². The van der Waals surface area contributed by atoms with Gasteiger partial charge in [-0.1, -0.05) is 0 Å². The number of nitrogens with one attached hydrogen (secondary N) is 1. The van der Waals surface area contributed by atoms with Crippen molar-refractivity contribution in [3.63, 3.8) is 0 Å². The maximum atomic E-state index is 13.3. The number of nitro benzene ring substituents is 2. The first-order valence-electron chi connectivity index (χ1n) is 10.9. The SMILES string of the molecule is CC(C)(C)OC(=O)NC(COP(=O)(OCc1ccc([N+](=O)[O-])cc1)OCc1ccc([N+](=O)[O-])cc1)C(=O)O. The molecule has 1 amide bonds. The fraction of sp³-hybridized carbons (Fsp3) is 0.364. The van der Waals surface area contributed by atoms with Crippen LogP contribution in [0.25, 0.3) is 0 Å². The lowest BCUT2D eigenvalue weighted by molar-refractivity contribution is -0.385. The average Bonchev–Trinajstić information content (AvgIpc) is 2.83. The predicted molar refractivity (Wildman–Crippen MR) is 130 cm³/mol. The zero-order valence-electron chi connectivity index (χ0n) is 20.6. The number of nitro groups is 2. The molecule has 2 rings (SSSR count). The van der Waals surface area contributed by atoms with E-state index in [0.717, 1.165) is 0 Å². The van der Waals surface area contributed by atoms with E-state index < -0.39 is 61.2 Å². The minimum Gasteiger partial charge on any atom is -0.480 e. The largest absolute Gasteiger partial charge is 0.480 e. The highest BCUT2D eigenvalue weighted by atomic mass is 31.2. The van der Waals surface area contributed by atoms with Crippen molar-refractivity contribution in [2.24, 2.45) is 0 Å². The first-order chi connectivity index (χ1) is 17.7. The van der Waals surface area contributed by atoms with Crippen LogP contribution in [0.5, 0.6) is 0 Å². The Morgan fingerprint density at radius 1 is 0.895 bits per heavy atom. The fourth-order valence-corrected chi connectivity index (χ4v) is 3.81. The second-order valence-corrected chi connectivity index (χ2v) is 10.3. The molecule has 0 bridgehead atoms. The standard InChI is InChI=1S/C22H26N3O12P/c1-22(2,3)37-21(28)23-19(20(26)27)14-36-38(33,34-12-15-4-8-17(9-5-15)24(29)30)35-13-16-6-10-18(11-7-16)25(31)32/h4-11,19H,12-14H2,1-3H3,(H,23,28)(H,26,27). The molecule has 15 nitrogen and oxygen atoms in total. The molecular weight excluding hydrogens is 529 g/mol. The van der Waals surface area contributed by atoms with Gasteiger partial charge in [0, 0.05) is 24.3 Å². The zero-order valence-corrected chi connectivity index (χ0v) is 21.5. The summed E-state index contributed by atoms with van der Waals surface area (Å²) >= 11 is 0. The number of nitrogens with zero attached hydrogens (tertiary/aromatic N) is 2. The van der Waals surface area contributed by atoms with Crippen LogP contribution in [0.2, 0.25) is 0 Å². The Hall–Kier alpha value is -3.91. The number of rotatable bonds is 13. The number of hydrogen-bond acceptors (Lipinski definition) is 11. The van der Waals surface area contributed by atoms with Crippen molar-refractivity contribution in [1.29, 1.82) is 0 Å². The third kappa shape index (κ3) is 10.2. The molecule has 0 fully saturated rings. The van der Waals surface area contributed by atoms with Crippen molar-refractivity contribution < 1.29 is 47.4 Å². The smallest absolute Gasteiger partial charge is 0.475 e. The van der Waals surface area contributed by atoms with Crippen LogP contribution in [-0.2, 0) is 40.9 Å². The number of non-ortho nitro benzene ring substituents is 2. The molecule has 0 aliphatic rings. The number of amides is 1. The summed E-state index contributed by atoms with van der Waals surface area (Å²) in [6, 6.07) is 8.52. The molecule has 0 spiro atoms. The lowest BCUT2D eigenvalue weighted by Gasteiger charge is -2.23.